The molecule has 1 atom stereocenters. The van der Waals surface area contributed by atoms with E-state index in [0.717, 1.165) is 16.0 Å². The molecule has 0 spiro atoms. The fourth-order valence-corrected chi connectivity index (χ4v) is 3.04. The number of amides is 1. The molecule has 2 rings (SSSR count). The highest BCUT2D eigenvalue weighted by molar-refractivity contribution is 8.00. The minimum absolute atomic E-state index is 0.260. The lowest BCUT2D eigenvalue weighted by molar-refractivity contribution is -0.147. The van der Waals surface area contributed by atoms with Gasteiger partial charge in [0.25, 0.3) is 5.91 Å². The van der Waals surface area contributed by atoms with E-state index < -0.39 is 5.97 Å². The normalized spacial score (nSPS) is 11.6. The van der Waals surface area contributed by atoms with Gasteiger partial charge in [0.2, 0.25) is 0 Å². The third kappa shape index (κ3) is 6.27. The molecule has 2 aromatic rings. The van der Waals surface area contributed by atoms with Crippen LogP contribution in [0.5, 0.6) is 0 Å². The Morgan fingerprint density at radius 3 is 2.44 bits per heavy atom. The van der Waals surface area contributed by atoms with Crippen LogP contribution in [-0.2, 0) is 20.9 Å². The predicted octanol–water partition coefficient (Wildman–Crippen LogP) is 3.64. The summed E-state index contributed by atoms with van der Waals surface area (Å²) in [6.45, 7) is 5.95. The molecular weight excluding hydrogens is 334 g/mol. The molecule has 0 saturated carbocycles. The number of hydrogen-bond donors (Lipinski definition) is 1. The number of benzene rings is 2. The predicted molar refractivity (Wildman–Crippen MR) is 100 cm³/mol. The molecule has 1 N–H and O–H groups in total. The van der Waals surface area contributed by atoms with Crippen molar-refractivity contribution in [2.45, 2.75) is 37.5 Å². The van der Waals surface area contributed by atoms with Gasteiger partial charge in [-0.1, -0.05) is 42.0 Å². The van der Waals surface area contributed by atoms with Gasteiger partial charge >= 0.3 is 5.97 Å². The molecule has 0 aliphatic heterocycles. The molecule has 4 nitrogen and oxygen atoms in total. The van der Waals surface area contributed by atoms with E-state index in [2.05, 4.69) is 5.32 Å². The van der Waals surface area contributed by atoms with E-state index in [1.807, 2.05) is 62.4 Å². The SMILES string of the molecule is Cc1ccc(S[C@@H](C)C(=O)OCC(=O)NCc2ccccc2C)cc1. The summed E-state index contributed by atoms with van der Waals surface area (Å²) in [7, 11) is 0. The van der Waals surface area contributed by atoms with E-state index in [-0.39, 0.29) is 17.8 Å². The van der Waals surface area contributed by atoms with Crippen molar-refractivity contribution in [2.24, 2.45) is 0 Å². The van der Waals surface area contributed by atoms with Gasteiger partial charge in [-0.3, -0.25) is 9.59 Å². The zero-order valence-corrected chi connectivity index (χ0v) is 15.6. The minimum Gasteiger partial charge on any atom is -0.455 e. The van der Waals surface area contributed by atoms with Gasteiger partial charge < -0.3 is 10.1 Å². The Balaban J connectivity index is 1.74. The number of ether oxygens (including phenoxy) is 1. The number of aryl methyl sites for hydroxylation is 2. The van der Waals surface area contributed by atoms with Crippen LogP contribution in [0.1, 0.15) is 23.6 Å². The maximum atomic E-state index is 12.0. The number of esters is 1. The van der Waals surface area contributed by atoms with Crippen molar-refractivity contribution in [2.75, 3.05) is 6.61 Å². The van der Waals surface area contributed by atoms with E-state index in [4.69, 9.17) is 4.74 Å². The van der Waals surface area contributed by atoms with Crippen LogP contribution in [0.15, 0.2) is 53.4 Å². The van der Waals surface area contributed by atoms with Crippen LogP contribution in [0.2, 0.25) is 0 Å². The van der Waals surface area contributed by atoms with E-state index >= 15 is 0 Å². The molecule has 132 valence electrons. The summed E-state index contributed by atoms with van der Waals surface area (Å²) in [4.78, 5) is 24.9. The molecule has 0 saturated heterocycles. The molecule has 1 amide bonds. The number of carbonyl (C=O) groups excluding carboxylic acids is 2. The van der Waals surface area contributed by atoms with Gasteiger partial charge in [0, 0.05) is 11.4 Å². The molecule has 0 bridgehead atoms. The second-order valence-electron chi connectivity index (χ2n) is 5.88. The number of thioether (sulfide) groups is 1. The average molecular weight is 357 g/mol. The van der Waals surface area contributed by atoms with Gasteiger partial charge in [-0.2, -0.15) is 0 Å². The quantitative estimate of drug-likeness (QED) is 0.607. The summed E-state index contributed by atoms with van der Waals surface area (Å²) in [5.74, 6) is -0.694. The van der Waals surface area contributed by atoms with Crippen LogP contribution in [0.3, 0.4) is 0 Å². The number of rotatable bonds is 7. The summed E-state index contributed by atoms with van der Waals surface area (Å²) < 4.78 is 5.11. The van der Waals surface area contributed by atoms with Crippen molar-refractivity contribution in [1.29, 1.82) is 0 Å². The summed E-state index contributed by atoms with van der Waals surface area (Å²) in [6, 6.07) is 15.8. The molecule has 0 radical (unpaired) electrons. The highest BCUT2D eigenvalue weighted by Gasteiger charge is 2.17. The van der Waals surface area contributed by atoms with E-state index in [1.54, 1.807) is 6.92 Å². The van der Waals surface area contributed by atoms with E-state index in [1.165, 1.54) is 17.3 Å². The first-order chi connectivity index (χ1) is 12.0. The fraction of sp³-hybridized carbons (Fsp3) is 0.300. The third-order valence-corrected chi connectivity index (χ3v) is 4.84. The first-order valence-electron chi connectivity index (χ1n) is 8.17. The molecule has 5 heteroatoms. The van der Waals surface area contributed by atoms with Crippen molar-refractivity contribution in [3.8, 4) is 0 Å². The van der Waals surface area contributed by atoms with Gasteiger partial charge in [-0.25, -0.2) is 0 Å². The average Bonchev–Trinajstić information content (AvgIpc) is 2.60. The van der Waals surface area contributed by atoms with Crippen LogP contribution >= 0.6 is 11.8 Å². The largest absolute Gasteiger partial charge is 0.455 e. The Kier molecular flexibility index (Phi) is 7.07. The van der Waals surface area contributed by atoms with Gasteiger partial charge in [0.1, 0.15) is 5.25 Å². The monoisotopic (exact) mass is 357 g/mol. The van der Waals surface area contributed by atoms with Crippen molar-refractivity contribution in [3.05, 3.63) is 65.2 Å². The summed E-state index contributed by atoms with van der Waals surface area (Å²) >= 11 is 1.42. The molecule has 2 aromatic carbocycles. The van der Waals surface area contributed by atoms with Gasteiger partial charge in [0.15, 0.2) is 6.61 Å². The smallest absolute Gasteiger partial charge is 0.319 e. The van der Waals surface area contributed by atoms with Crippen LogP contribution < -0.4 is 5.32 Å². The second kappa shape index (κ2) is 9.28. The molecule has 0 unspecified atom stereocenters. The lowest BCUT2D eigenvalue weighted by Crippen LogP contribution is -2.30. The highest BCUT2D eigenvalue weighted by Crippen LogP contribution is 2.24. The highest BCUT2D eigenvalue weighted by atomic mass is 32.2. The zero-order valence-electron chi connectivity index (χ0n) is 14.7. The van der Waals surface area contributed by atoms with Crippen LogP contribution in [0.4, 0.5) is 0 Å². The summed E-state index contributed by atoms with van der Waals surface area (Å²) in [5, 5.41) is 2.40. The third-order valence-electron chi connectivity index (χ3n) is 3.75. The molecule has 0 aliphatic carbocycles. The number of hydrogen-bond acceptors (Lipinski definition) is 4. The van der Waals surface area contributed by atoms with E-state index in [9.17, 15) is 9.59 Å². The Labute approximate surface area is 153 Å². The van der Waals surface area contributed by atoms with E-state index in [0.29, 0.717) is 6.54 Å². The van der Waals surface area contributed by atoms with Crippen molar-refractivity contribution in [1.82, 2.24) is 5.32 Å². The van der Waals surface area contributed by atoms with Crippen molar-refractivity contribution >= 4 is 23.6 Å². The topological polar surface area (TPSA) is 55.4 Å². The second-order valence-corrected chi connectivity index (χ2v) is 7.30. The van der Waals surface area contributed by atoms with Crippen molar-refractivity contribution < 1.29 is 14.3 Å². The number of nitrogens with one attached hydrogen (secondary N) is 1. The Hall–Kier alpha value is -2.27. The Morgan fingerprint density at radius 1 is 1.08 bits per heavy atom. The Morgan fingerprint density at radius 2 is 1.76 bits per heavy atom. The molecule has 0 aliphatic rings. The van der Waals surface area contributed by atoms with Gasteiger partial charge in [0.05, 0.1) is 0 Å². The Bertz CT molecular complexity index is 728. The maximum Gasteiger partial charge on any atom is 0.319 e. The maximum absolute atomic E-state index is 12.0. The molecule has 25 heavy (non-hydrogen) atoms. The zero-order chi connectivity index (χ0) is 18.2. The summed E-state index contributed by atoms with van der Waals surface area (Å²) in [6.07, 6.45) is 0. The lowest BCUT2D eigenvalue weighted by atomic mass is 10.1. The molecule has 0 aromatic heterocycles. The molecular formula is C20H23NO3S. The molecule has 0 fully saturated rings. The molecule has 0 heterocycles. The van der Waals surface area contributed by atoms with Gasteiger partial charge in [-0.05, 0) is 44.0 Å². The first-order valence-corrected chi connectivity index (χ1v) is 9.05. The van der Waals surface area contributed by atoms with Gasteiger partial charge in [-0.15, -0.1) is 11.8 Å². The first kappa shape index (κ1) is 19.1. The minimum atomic E-state index is -0.392. The summed E-state index contributed by atoms with van der Waals surface area (Å²) in [5.41, 5.74) is 3.33. The lowest BCUT2D eigenvalue weighted by Gasteiger charge is -2.12. The fourth-order valence-electron chi connectivity index (χ4n) is 2.18. The number of carbonyl (C=O) groups is 2. The van der Waals surface area contributed by atoms with Crippen LogP contribution in [-0.4, -0.2) is 23.7 Å². The standard InChI is InChI=1S/C20H23NO3S/c1-14-8-10-18(11-9-14)25-16(3)20(23)24-13-19(22)21-12-17-7-5-4-6-15(17)2/h4-11,16H,12-13H2,1-3H3,(H,21,22)/t16-/m0/s1. The van der Waals surface area contributed by atoms with Crippen molar-refractivity contribution in [3.63, 3.8) is 0 Å². The van der Waals surface area contributed by atoms with Crippen LogP contribution in [0, 0.1) is 13.8 Å². The van der Waals surface area contributed by atoms with Crippen LogP contribution in [0.25, 0.3) is 0 Å².